The zero-order chi connectivity index (χ0) is 15.5. The summed E-state index contributed by atoms with van der Waals surface area (Å²) in [6.07, 6.45) is 1.59. The molecule has 1 aromatic rings. The van der Waals surface area contributed by atoms with E-state index in [0.717, 1.165) is 37.2 Å². The smallest absolute Gasteiger partial charge is 0.304 e. The fraction of sp³-hybridized carbons (Fsp3) is 0.600. The Kier molecular flexibility index (Phi) is 5.24. The van der Waals surface area contributed by atoms with E-state index in [1.54, 1.807) is 11.4 Å². The van der Waals surface area contributed by atoms with Gasteiger partial charge in [0.1, 0.15) is 0 Å². The van der Waals surface area contributed by atoms with E-state index in [-0.39, 0.29) is 6.04 Å². The fourth-order valence-corrected chi connectivity index (χ4v) is 4.37. The lowest BCUT2D eigenvalue weighted by Crippen LogP contribution is -2.45. The molecule has 6 heteroatoms. The molecule has 1 aromatic carbocycles. The van der Waals surface area contributed by atoms with Gasteiger partial charge in [-0.2, -0.15) is 12.7 Å². The average molecular weight is 311 g/mol. The number of anilines is 1. The van der Waals surface area contributed by atoms with Gasteiger partial charge in [0.25, 0.3) is 0 Å². The van der Waals surface area contributed by atoms with Crippen LogP contribution in [0.2, 0.25) is 0 Å². The Balaban J connectivity index is 2.12. The van der Waals surface area contributed by atoms with Crippen molar-refractivity contribution >= 4 is 15.9 Å². The molecule has 1 aliphatic heterocycles. The highest BCUT2D eigenvalue weighted by molar-refractivity contribution is 7.90. The summed E-state index contributed by atoms with van der Waals surface area (Å²) in [6, 6.07) is 7.73. The van der Waals surface area contributed by atoms with Gasteiger partial charge in [0.05, 0.1) is 5.69 Å². The number of hydrogen-bond donors (Lipinski definition) is 1. The van der Waals surface area contributed by atoms with Crippen molar-refractivity contribution in [1.29, 1.82) is 0 Å². The van der Waals surface area contributed by atoms with Gasteiger partial charge in [-0.25, -0.2) is 0 Å². The van der Waals surface area contributed by atoms with Crippen LogP contribution in [0.3, 0.4) is 0 Å². The van der Waals surface area contributed by atoms with Gasteiger partial charge in [-0.15, -0.1) is 0 Å². The van der Waals surface area contributed by atoms with Crippen LogP contribution in [0, 0.1) is 0 Å². The monoisotopic (exact) mass is 311 g/mol. The Morgan fingerprint density at radius 3 is 2.81 bits per heavy atom. The van der Waals surface area contributed by atoms with E-state index in [1.807, 2.05) is 38.1 Å². The van der Waals surface area contributed by atoms with Gasteiger partial charge in [0, 0.05) is 19.6 Å². The fourth-order valence-electron chi connectivity index (χ4n) is 2.76. The Morgan fingerprint density at radius 1 is 1.38 bits per heavy atom. The molecule has 1 heterocycles. The van der Waals surface area contributed by atoms with Crippen LogP contribution >= 0.6 is 0 Å². The van der Waals surface area contributed by atoms with Gasteiger partial charge >= 0.3 is 10.2 Å². The lowest BCUT2D eigenvalue weighted by Gasteiger charge is -2.29. The van der Waals surface area contributed by atoms with Crippen molar-refractivity contribution in [1.82, 2.24) is 9.62 Å². The average Bonchev–Trinajstić information content (AvgIpc) is 2.79. The second-order valence-corrected chi connectivity index (χ2v) is 7.43. The van der Waals surface area contributed by atoms with E-state index < -0.39 is 10.2 Å². The van der Waals surface area contributed by atoms with Crippen LogP contribution in [0.5, 0.6) is 0 Å². The molecule has 0 amide bonds. The largest absolute Gasteiger partial charge is 0.317 e. The molecule has 1 atom stereocenters. The van der Waals surface area contributed by atoms with Crippen molar-refractivity contribution in [3.8, 4) is 0 Å². The van der Waals surface area contributed by atoms with Crippen LogP contribution in [0.25, 0.3) is 0 Å². The summed E-state index contributed by atoms with van der Waals surface area (Å²) in [6.45, 7) is 6.28. The highest BCUT2D eigenvalue weighted by Gasteiger charge is 2.36. The standard InChI is InChI=1S/C15H25N3O2S/c1-4-16-10-7-11-17(3)21(19,20)18-13(2)12-14-8-5-6-9-15(14)18/h5-6,8-9,13,16H,4,7,10-12H2,1-3H3. The first-order chi connectivity index (χ1) is 9.98. The van der Waals surface area contributed by atoms with Crippen molar-refractivity contribution in [2.75, 3.05) is 31.0 Å². The number of benzene rings is 1. The molecule has 0 bridgehead atoms. The van der Waals surface area contributed by atoms with Gasteiger partial charge in [0.15, 0.2) is 0 Å². The summed E-state index contributed by atoms with van der Waals surface area (Å²) < 4.78 is 28.6. The van der Waals surface area contributed by atoms with Crippen molar-refractivity contribution in [2.24, 2.45) is 0 Å². The summed E-state index contributed by atoms with van der Waals surface area (Å²) >= 11 is 0. The Hall–Kier alpha value is -1.11. The van der Waals surface area contributed by atoms with Crippen LogP contribution in [-0.4, -0.2) is 45.4 Å². The molecule has 0 aromatic heterocycles. The minimum absolute atomic E-state index is 0.0244. The first kappa shape index (κ1) is 16.3. The first-order valence-corrected chi connectivity index (χ1v) is 8.92. The van der Waals surface area contributed by atoms with Crippen LogP contribution < -0.4 is 9.62 Å². The molecule has 21 heavy (non-hydrogen) atoms. The molecule has 1 unspecified atom stereocenters. The highest BCUT2D eigenvalue weighted by Crippen LogP contribution is 2.34. The third kappa shape index (κ3) is 3.39. The van der Waals surface area contributed by atoms with Gasteiger partial charge in [-0.05, 0) is 44.5 Å². The number of hydrogen-bond acceptors (Lipinski definition) is 3. The van der Waals surface area contributed by atoms with Gasteiger partial charge in [-0.1, -0.05) is 25.1 Å². The molecule has 0 saturated heterocycles. The maximum Gasteiger partial charge on any atom is 0.304 e. The van der Waals surface area contributed by atoms with Crippen LogP contribution in [0.1, 0.15) is 25.8 Å². The lowest BCUT2D eigenvalue weighted by atomic mass is 10.1. The molecule has 0 radical (unpaired) electrons. The topological polar surface area (TPSA) is 52.7 Å². The predicted molar refractivity (Wildman–Crippen MR) is 86.8 cm³/mol. The first-order valence-electron chi connectivity index (χ1n) is 7.52. The molecule has 5 nitrogen and oxygen atoms in total. The highest BCUT2D eigenvalue weighted by atomic mass is 32.2. The van der Waals surface area contributed by atoms with Crippen LogP contribution in [0.15, 0.2) is 24.3 Å². The summed E-state index contributed by atoms with van der Waals surface area (Å²) in [5, 5.41) is 3.21. The van der Waals surface area contributed by atoms with Crippen LogP contribution in [-0.2, 0) is 16.6 Å². The quantitative estimate of drug-likeness (QED) is 0.779. The molecule has 2 rings (SSSR count). The minimum atomic E-state index is -3.45. The van der Waals surface area contributed by atoms with E-state index in [9.17, 15) is 8.42 Å². The van der Waals surface area contributed by atoms with E-state index >= 15 is 0 Å². The Bertz CT molecular complexity index is 574. The SMILES string of the molecule is CCNCCCN(C)S(=O)(=O)N1c2ccccc2CC1C. The van der Waals surface area contributed by atoms with E-state index in [0.29, 0.717) is 6.54 Å². The summed E-state index contributed by atoms with van der Waals surface area (Å²) in [7, 11) is -1.79. The summed E-state index contributed by atoms with van der Waals surface area (Å²) in [5.74, 6) is 0. The van der Waals surface area contributed by atoms with Gasteiger partial charge < -0.3 is 5.32 Å². The zero-order valence-electron chi connectivity index (χ0n) is 13.0. The predicted octanol–water partition coefficient (Wildman–Crippen LogP) is 1.61. The number of nitrogens with zero attached hydrogens (tertiary/aromatic N) is 2. The third-order valence-corrected chi connectivity index (χ3v) is 5.89. The second-order valence-electron chi connectivity index (χ2n) is 5.51. The summed E-state index contributed by atoms with van der Waals surface area (Å²) in [4.78, 5) is 0. The minimum Gasteiger partial charge on any atom is -0.317 e. The maximum absolute atomic E-state index is 12.8. The van der Waals surface area contributed by atoms with Crippen molar-refractivity contribution in [3.05, 3.63) is 29.8 Å². The molecule has 118 valence electrons. The van der Waals surface area contributed by atoms with Crippen molar-refractivity contribution in [3.63, 3.8) is 0 Å². The molecular weight excluding hydrogens is 286 g/mol. The molecule has 0 fully saturated rings. The maximum atomic E-state index is 12.8. The Morgan fingerprint density at radius 2 is 2.10 bits per heavy atom. The molecule has 0 saturated carbocycles. The molecular formula is C15H25N3O2S. The van der Waals surface area contributed by atoms with Gasteiger partial charge in [-0.3, -0.25) is 4.31 Å². The lowest BCUT2D eigenvalue weighted by molar-refractivity contribution is 0.449. The molecule has 1 N–H and O–H groups in total. The number of nitrogens with one attached hydrogen (secondary N) is 1. The second kappa shape index (κ2) is 6.77. The summed E-state index contributed by atoms with van der Waals surface area (Å²) in [5.41, 5.74) is 1.93. The van der Waals surface area contributed by atoms with Crippen molar-refractivity contribution in [2.45, 2.75) is 32.7 Å². The number of para-hydroxylation sites is 1. The van der Waals surface area contributed by atoms with E-state index in [4.69, 9.17) is 0 Å². The Labute approximate surface area is 128 Å². The zero-order valence-corrected chi connectivity index (χ0v) is 13.9. The van der Waals surface area contributed by atoms with E-state index in [1.165, 1.54) is 4.31 Å². The van der Waals surface area contributed by atoms with Gasteiger partial charge in [0.2, 0.25) is 0 Å². The van der Waals surface area contributed by atoms with E-state index in [2.05, 4.69) is 5.32 Å². The molecule has 0 aliphatic carbocycles. The number of fused-ring (bicyclic) bond motifs is 1. The van der Waals surface area contributed by atoms with Crippen LogP contribution in [0.4, 0.5) is 5.69 Å². The normalized spacial score (nSPS) is 18.3. The third-order valence-electron chi connectivity index (χ3n) is 3.86. The number of rotatable bonds is 7. The molecule has 1 aliphatic rings. The molecule has 0 spiro atoms. The van der Waals surface area contributed by atoms with Crippen molar-refractivity contribution < 1.29 is 8.42 Å².